The number of thioether (sulfide) groups is 1. The second-order valence-electron chi connectivity index (χ2n) is 7.00. The highest BCUT2D eigenvalue weighted by Gasteiger charge is 2.14. The van der Waals surface area contributed by atoms with Gasteiger partial charge in [-0.2, -0.15) is 5.10 Å². The molecule has 31 heavy (non-hydrogen) atoms. The first-order chi connectivity index (χ1) is 15.1. The average molecular weight is 449 g/mol. The van der Waals surface area contributed by atoms with Crippen molar-refractivity contribution in [1.82, 2.24) is 15.0 Å². The molecule has 4 rings (SSSR count). The van der Waals surface area contributed by atoms with Gasteiger partial charge in [-0.1, -0.05) is 78.0 Å². The van der Waals surface area contributed by atoms with Gasteiger partial charge in [0.05, 0.1) is 29.5 Å². The SMILES string of the molecule is Cc1ccccc1C=NNC(=O)CSc1nc2ccccc2n1Cc1ccccc1Cl. The third-order valence-electron chi connectivity index (χ3n) is 4.82. The molecule has 0 unspecified atom stereocenters. The molecular formula is C24H21ClN4OS. The van der Waals surface area contributed by atoms with Crippen LogP contribution in [0.15, 0.2) is 83.1 Å². The van der Waals surface area contributed by atoms with Gasteiger partial charge in [0, 0.05) is 5.02 Å². The third-order valence-corrected chi connectivity index (χ3v) is 6.16. The number of hydrogen-bond acceptors (Lipinski definition) is 4. The van der Waals surface area contributed by atoms with Crippen molar-refractivity contribution in [1.29, 1.82) is 0 Å². The van der Waals surface area contributed by atoms with E-state index in [9.17, 15) is 4.79 Å². The second kappa shape index (κ2) is 9.81. The van der Waals surface area contributed by atoms with Crippen LogP contribution < -0.4 is 5.43 Å². The van der Waals surface area contributed by atoms with Gasteiger partial charge in [-0.3, -0.25) is 4.79 Å². The molecular weight excluding hydrogens is 428 g/mol. The van der Waals surface area contributed by atoms with E-state index in [1.54, 1.807) is 6.21 Å². The number of hydrazone groups is 1. The Labute approximate surface area is 190 Å². The molecule has 1 amide bonds. The number of nitrogens with one attached hydrogen (secondary N) is 1. The fourth-order valence-electron chi connectivity index (χ4n) is 3.18. The zero-order valence-electron chi connectivity index (χ0n) is 17.0. The number of rotatable bonds is 7. The van der Waals surface area contributed by atoms with E-state index in [4.69, 9.17) is 16.6 Å². The number of carbonyl (C=O) groups excluding carboxylic acids is 1. The van der Waals surface area contributed by atoms with Gasteiger partial charge in [0.15, 0.2) is 5.16 Å². The molecule has 7 heteroatoms. The minimum atomic E-state index is -0.189. The molecule has 1 N–H and O–H groups in total. The molecule has 5 nitrogen and oxygen atoms in total. The van der Waals surface area contributed by atoms with Crippen LogP contribution in [0.1, 0.15) is 16.7 Å². The summed E-state index contributed by atoms with van der Waals surface area (Å²) in [6, 6.07) is 23.5. The van der Waals surface area contributed by atoms with Crippen molar-refractivity contribution >= 4 is 46.5 Å². The normalized spacial score (nSPS) is 11.3. The lowest BCUT2D eigenvalue weighted by atomic mass is 10.1. The van der Waals surface area contributed by atoms with Crippen molar-refractivity contribution < 1.29 is 4.79 Å². The number of carbonyl (C=O) groups is 1. The van der Waals surface area contributed by atoms with Crippen LogP contribution >= 0.6 is 23.4 Å². The minimum absolute atomic E-state index is 0.189. The molecule has 0 saturated heterocycles. The van der Waals surface area contributed by atoms with E-state index >= 15 is 0 Å². The topological polar surface area (TPSA) is 59.3 Å². The molecule has 0 fully saturated rings. The number of fused-ring (bicyclic) bond motifs is 1. The first-order valence-electron chi connectivity index (χ1n) is 9.81. The first-order valence-corrected chi connectivity index (χ1v) is 11.2. The molecule has 156 valence electrons. The number of halogens is 1. The molecule has 1 aromatic heterocycles. The maximum atomic E-state index is 12.3. The Kier molecular flexibility index (Phi) is 6.70. The summed E-state index contributed by atoms with van der Waals surface area (Å²) in [4.78, 5) is 17.0. The molecule has 1 heterocycles. The van der Waals surface area contributed by atoms with Crippen molar-refractivity contribution in [3.05, 3.63) is 94.5 Å². The number of nitrogens with zero attached hydrogens (tertiary/aromatic N) is 3. The Balaban J connectivity index is 1.47. The maximum absolute atomic E-state index is 12.3. The minimum Gasteiger partial charge on any atom is -0.314 e. The van der Waals surface area contributed by atoms with Crippen LogP contribution in [0.3, 0.4) is 0 Å². The Morgan fingerprint density at radius 2 is 1.84 bits per heavy atom. The largest absolute Gasteiger partial charge is 0.314 e. The van der Waals surface area contributed by atoms with Crippen molar-refractivity contribution in [2.45, 2.75) is 18.6 Å². The second-order valence-corrected chi connectivity index (χ2v) is 8.35. The maximum Gasteiger partial charge on any atom is 0.250 e. The summed E-state index contributed by atoms with van der Waals surface area (Å²) < 4.78 is 2.09. The third kappa shape index (κ3) is 5.16. The zero-order valence-corrected chi connectivity index (χ0v) is 18.5. The smallest absolute Gasteiger partial charge is 0.250 e. The molecule has 0 saturated carbocycles. The standard InChI is InChI=1S/C24H21ClN4OS/c1-17-8-2-3-9-18(17)14-26-28-23(30)16-31-24-27-21-12-6-7-13-22(21)29(24)15-19-10-4-5-11-20(19)25/h2-14H,15-16H2,1H3,(H,28,30). The highest BCUT2D eigenvalue weighted by Crippen LogP contribution is 2.27. The van der Waals surface area contributed by atoms with E-state index in [2.05, 4.69) is 15.1 Å². The van der Waals surface area contributed by atoms with Crippen molar-refractivity contribution in [2.24, 2.45) is 5.10 Å². The van der Waals surface area contributed by atoms with Crippen LogP contribution in [0.4, 0.5) is 0 Å². The number of aryl methyl sites for hydroxylation is 1. The number of amides is 1. The van der Waals surface area contributed by atoms with Gasteiger partial charge in [0.1, 0.15) is 0 Å². The van der Waals surface area contributed by atoms with E-state index in [0.29, 0.717) is 11.6 Å². The predicted octanol–water partition coefficient (Wildman–Crippen LogP) is 5.29. The van der Waals surface area contributed by atoms with Crippen molar-refractivity contribution in [3.8, 4) is 0 Å². The first kappa shape index (κ1) is 21.2. The van der Waals surface area contributed by atoms with Crippen LogP contribution in [0, 0.1) is 6.92 Å². The summed E-state index contributed by atoms with van der Waals surface area (Å²) in [6.07, 6.45) is 1.66. The summed E-state index contributed by atoms with van der Waals surface area (Å²) in [5.74, 6) is 0.0166. The van der Waals surface area contributed by atoms with Crippen LogP contribution in [0.2, 0.25) is 5.02 Å². The summed E-state index contributed by atoms with van der Waals surface area (Å²) >= 11 is 7.75. The van der Waals surface area contributed by atoms with E-state index < -0.39 is 0 Å². The van der Waals surface area contributed by atoms with Crippen LogP contribution in [0.25, 0.3) is 11.0 Å². The van der Waals surface area contributed by atoms with Gasteiger partial charge in [0.25, 0.3) is 5.91 Å². The monoisotopic (exact) mass is 448 g/mol. The molecule has 0 aliphatic rings. The quantitative estimate of drug-likeness (QED) is 0.237. The fraction of sp³-hybridized carbons (Fsp3) is 0.125. The van der Waals surface area contributed by atoms with E-state index in [1.807, 2.05) is 79.7 Å². The number of hydrogen-bond donors (Lipinski definition) is 1. The number of benzene rings is 3. The number of aromatic nitrogens is 2. The molecule has 4 aromatic rings. The summed E-state index contributed by atoms with van der Waals surface area (Å²) in [6.45, 7) is 2.58. The number of imidazole rings is 1. The average Bonchev–Trinajstić information content (AvgIpc) is 3.13. The fourth-order valence-corrected chi connectivity index (χ4v) is 4.18. The van der Waals surface area contributed by atoms with E-state index in [-0.39, 0.29) is 11.7 Å². The molecule has 0 aliphatic heterocycles. The Morgan fingerprint density at radius 3 is 2.68 bits per heavy atom. The lowest BCUT2D eigenvalue weighted by Gasteiger charge is -2.10. The molecule has 3 aromatic carbocycles. The molecule has 0 radical (unpaired) electrons. The van der Waals surface area contributed by atoms with Gasteiger partial charge in [-0.25, -0.2) is 10.4 Å². The Hall–Kier alpha value is -3.09. The van der Waals surface area contributed by atoms with Crippen LogP contribution in [-0.2, 0) is 11.3 Å². The predicted molar refractivity (Wildman–Crippen MR) is 128 cm³/mol. The summed E-state index contributed by atoms with van der Waals surface area (Å²) in [7, 11) is 0. The Bertz CT molecular complexity index is 1250. The highest BCUT2D eigenvalue weighted by atomic mass is 35.5. The van der Waals surface area contributed by atoms with Gasteiger partial charge >= 0.3 is 0 Å². The zero-order chi connectivity index (χ0) is 21.6. The van der Waals surface area contributed by atoms with Crippen LogP contribution in [-0.4, -0.2) is 27.4 Å². The lowest BCUT2D eigenvalue weighted by molar-refractivity contribution is -0.118. The van der Waals surface area contributed by atoms with E-state index in [0.717, 1.165) is 32.9 Å². The molecule has 0 spiro atoms. The Morgan fingerprint density at radius 1 is 1.10 bits per heavy atom. The van der Waals surface area contributed by atoms with Gasteiger partial charge < -0.3 is 4.57 Å². The molecule has 0 atom stereocenters. The molecule has 0 bridgehead atoms. The lowest BCUT2D eigenvalue weighted by Crippen LogP contribution is -2.20. The van der Waals surface area contributed by atoms with E-state index in [1.165, 1.54) is 11.8 Å². The van der Waals surface area contributed by atoms with Crippen molar-refractivity contribution in [2.75, 3.05) is 5.75 Å². The van der Waals surface area contributed by atoms with Gasteiger partial charge in [0.2, 0.25) is 0 Å². The van der Waals surface area contributed by atoms with Gasteiger partial charge in [-0.05, 0) is 41.8 Å². The van der Waals surface area contributed by atoms with Gasteiger partial charge in [-0.15, -0.1) is 0 Å². The van der Waals surface area contributed by atoms with Crippen molar-refractivity contribution in [3.63, 3.8) is 0 Å². The number of para-hydroxylation sites is 2. The van der Waals surface area contributed by atoms with Crippen LogP contribution in [0.5, 0.6) is 0 Å². The molecule has 0 aliphatic carbocycles. The summed E-state index contributed by atoms with van der Waals surface area (Å²) in [5.41, 5.74) is 7.55. The summed E-state index contributed by atoms with van der Waals surface area (Å²) in [5, 5.41) is 5.55. The highest BCUT2D eigenvalue weighted by molar-refractivity contribution is 7.99.